The summed E-state index contributed by atoms with van der Waals surface area (Å²) in [6.07, 6.45) is 3.31. The number of hydrogen-bond acceptors (Lipinski definition) is 1. The van der Waals surface area contributed by atoms with Crippen LogP contribution < -0.4 is 4.74 Å². The van der Waals surface area contributed by atoms with Gasteiger partial charge in [-0.15, -0.1) is 0 Å². The third-order valence-electron chi connectivity index (χ3n) is 2.37. The molecule has 1 aliphatic rings. The number of rotatable bonds is 1. The molecule has 2 rings (SSSR count). The third kappa shape index (κ3) is 1.02. The molecule has 12 heavy (non-hydrogen) atoms. The predicted molar refractivity (Wildman–Crippen MR) is 50.3 cm³/mol. The number of benzene rings is 1. The van der Waals surface area contributed by atoms with E-state index in [1.807, 2.05) is 6.07 Å². The first-order chi connectivity index (χ1) is 5.81. The van der Waals surface area contributed by atoms with Crippen LogP contribution in [0.2, 0.25) is 0 Å². The van der Waals surface area contributed by atoms with Crippen molar-refractivity contribution in [1.29, 1.82) is 0 Å². The van der Waals surface area contributed by atoms with Crippen molar-refractivity contribution in [3.63, 3.8) is 0 Å². The van der Waals surface area contributed by atoms with Crippen molar-refractivity contribution in [2.75, 3.05) is 7.11 Å². The first-order valence-corrected chi connectivity index (χ1v) is 4.15. The Balaban J connectivity index is 2.46. The second kappa shape index (κ2) is 2.67. The van der Waals surface area contributed by atoms with E-state index in [0.717, 1.165) is 12.2 Å². The number of hydrogen-bond donors (Lipinski definition) is 0. The highest BCUT2D eigenvalue weighted by Crippen LogP contribution is 2.29. The van der Waals surface area contributed by atoms with E-state index in [0.29, 0.717) is 0 Å². The minimum Gasteiger partial charge on any atom is -0.497 e. The van der Waals surface area contributed by atoms with Crippen molar-refractivity contribution in [1.82, 2.24) is 0 Å². The summed E-state index contributed by atoms with van der Waals surface area (Å²) >= 11 is 0. The SMILES string of the molecule is COc1ccc2c(c1)CC=C2C. The van der Waals surface area contributed by atoms with E-state index in [1.54, 1.807) is 7.11 Å². The molecule has 1 aromatic rings. The fourth-order valence-electron chi connectivity index (χ4n) is 1.62. The molecule has 0 radical (unpaired) electrons. The summed E-state index contributed by atoms with van der Waals surface area (Å²) in [5.74, 6) is 0.955. The van der Waals surface area contributed by atoms with Gasteiger partial charge in [0.05, 0.1) is 7.11 Å². The van der Waals surface area contributed by atoms with Crippen LogP contribution in [0.5, 0.6) is 5.75 Å². The Labute approximate surface area is 72.7 Å². The molecule has 0 aromatic heterocycles. The summed E-state index contributed by atoms with van der Waals surface area (Å²) in [6.45, 7) is 2.15. The van der Waals surface area contributed by atoms with Crippen molar-refractivity contribution in [3.8, 4) is 5.75 Å². The molecule has 0 saturated heterocycles. The second-order valence-corrected chi connectivity index (χ2v) is 3.11. The van der Waals surface area contributed by atoms with Crippen LogP contribution in [-0.4, -0.2) is 7.11 Å². The van der Waals surface area contributed by atoms with E-state index in [9.17, 15) is 0 Å². The van der Waals surface area contributed by atoms with E-state index in [4.69, 9.17) is 4.74 Å². The Hall–Kier alpha value is -1.24. The van der Waals surface area contributed by atoms with Gasteiger partial charge < -0.3 is 4.74 Å². The van der Waals surface area contributed by atoms with Gasteiger partial charge in [0.15, 0.2) is 0 Å². The van der Waals surface area contributed by atoms with Crippen LogP contribution in [0.1, 0.15) is 18.1 Å². The molecule has 0 N–H and O–H groups in total. The monoisotopic (exact) mass is 160 g/mol. The summed E-state index contributed by atoms with van der Waals surface area (Å²) < 4.78 is 5.15. The maximum atomic E-state index is 5.15. The molecule has 0 heterocycles. The summed E-state index contributed by atoms with van der Waals surface area (Å²) in [5, 5.41) is 0. The quantitative estimate of drug-likeness (QED) is 0.613. The summed E-state index contributed by atoms with van der Waals surface area (Å²) in [6, 6.07) is 6.26. The Bertz CT molecular complexity index is 337. The Morgan fingerprint density at radius 2 is 2.17 bits per heavy atom. The van der Waals surface area contributed by atoms with Crippen molar-refractivity contribution in [2.24, 2.45) is 0 Å². The zero-order chi connectivity index (χ0) is 8.55. The van der Waals surface area contributed by atoms with Crippen LogP contribution in [0, 0.1) is 0 Å². The number of fused-ring (bicyclic) bond motifs is 1. The molecular weight excluding hydrogens is 148 g/mol. The topological polar surface area (TPSA) is 9.23 Å². The standard InChI is InChI=1S/C11H12O/c1-8-3-4-9-7-10(12-2)5-6-11(8)9/h3,5-7H,4H2,1-2H3. The molecule has 0 fully saturated rings. The Kier molecular flexibility index (Phi) is 1.65. The number of methoxy groups -OCH3 is 1. The smallest absolute Gasteiger partial charge is 0.119 e. The number of allylic oxidation sites excluding steroid dienone is 2. The normalized spacial score (nSPS) is 14.0. The first kappa shape index (κ1) is 7.41. The molecular formula is C11H12O. The van der Waals surface area contributed by atoms with Gasteiger partial charge in [0.2, 0.25) is 0 Å². The molecule has 0 atom stereocenters. The van der Waals surface area contributed by atoms with Gasteiger partial charge in [-0.25, -0.2) is 0 Å². The molecule has 1 aromatic carbocycles. The maximum Gasteiger partial charge on any atom is 0.119 e. The van der Waals surface area contributed by atoms with Crippen LogP contribution in [0.3, 0.4) is 0 Å². The lowest BCUT2D eigenvalue weighted by molar-refractivity contribution is 0.414. The molecule has 1 aliphatic carbocycles. The zero-order valence-electron chi connectivity index (χ0n) is 7.42. The largest absolute Gasteiger partial charge is 0.497 e. The van der Waals surface area contributed by atoms with Crippen LogP contribution in [-0.2, 0) is 6.42 Å². The lowest BCUT2D eigenvalue weighted by Crippen LogP contribution is -1.87. The fourth-order valence-corrected chi connectivity index (χ4v) is 1.62. The van der Waals surface area contributed by atoms with Gasteiger partial charge in [0, 0.05) is 0 Å². The number of ether oxygens (including phenoxy) is 1. The molecule has 62 valence electrons. The minimum absolute atomic E-state index is 0.955. The molecule has 1 heteroatoms. The molecule has 0 unspecified atom stereocenters. The zero-order valence-corrected chi connectivity index (χ0v) is 7.42. The van der Waals surface area contributed by atoms with Gasteiger partial charge in [-0.2, -0.15) is 0 Å². The van der Waals surface area contributed by atoms with Gasteiger partial charge in [-0.1, -0.05) is 12.1 Å². The highest BCUT2D eigenvalue weighted by molar-refractivity contribution is 5.72. The molecule has 0 spiro atoms. The maximum absolute atomic E-state index is 5.15. The fraction of sp³-hybridized carbons (Fsp3) is 0.273. The van der Waals surface area contributed by atoms with E-state index in [-0.39, 0.29) is 0 Å². The molecule has 0 amide bonds. The lowest BCUT2D eigenvalue weighted by atomic mass is 10.1. The van der Waals surface area contributed by atoms with Crippen LogP contribution >= 0.6 is 0 Å². The van der Waals surface area contributed by atoms with Crippen molar-refractivity contribution < 1.29 is 4.74 Å². The average molecular weight is 160 g/mol. The van der Waals surface area contributed by atoms with Gasteiger partial charge in [-0.05, 0) is 42.2 Å². The van der Waals surface area contributed by atoms with E-state index >= 15 is 0 Å². The van der Waals surface area contributed by atoms with Crippen LogP contribution in [0.25, 0.3) is 5.57 Å². The Morgan fingerprint density at radius 3 is 2.92 bits per heavy atom. The summed E-state index contributed by atoms with van der Waals surface area (Å²) in [4.78, 5) is 0. The highest BCUT2D eigenvalue weighted by Gasteiger charge is 2.10. The van der Waals surface area contributed by atoms with E-state index < -0.39 is 0 Å². The molecule has 1 nitrogen and oxygen atoms in total. The molecule has 0 bridgehead atoms. The summed E-state index contributed by atoms with van der Waals surface area (Å²) in [7, 11) is 1.71. The minimum atomic E-state index is 0.955. The van der Waals surface area contributed by atoms with Gasteiger partial charge in [0.25, 0.3) is 0 Å². The lowest BCUT2D eigenvalue weighted by Gasteiger charge is -2.04. The van der Waals surface area contributed by atoms with Crippen LogP contribution in [0.4, 0.5) is 0 Å². The van der Waals surface area contributed by atoms with Crippen molar-refractivity contribution in [2.45, 2.75) is 13.3 Å². The van der Waals surface area contributed by atoms with Gasteiger partial charge in [-0.3, -0.25) is 0 Å². The third-order valence-corrected chi connectivity index (χ3v) is 2.37. The second-order valence-electron chi connectivity index (χ2n) is 3.11. The Morgan fingerprint density at radius 1 is 1.33 bits per heavy atom. The van der Waals surface area contributed by atoms with E-state index in [1.165, 1.54) is 16.7 Å². The van der Waals surface area contributed by atoms with E-state index in [2.05, 4.69) is 25.1 Å². The van der Waals surface area contributed by atoms with Gasteiger partial charge >= 0.3 is 0 Å². The van der Waals surface area contributed by atoms with Crippen molar-refractivity contribution in [3.05, 3.63) is 35.4 Å². The van der Waals surface area contributed by atoms with Crippen molar-refractivity contribution >= 4 is 5.57 Å². The average Bonchev–Trinajstić information content (AvgIpc) is 2.47. The predicted octanol–water partition coefficient (Wildman–Crippen LogP) is 2.65. The molecule has 0 saturated carbocycles. The van der Waals surface area contributed by atoms with Crippen LogP contribution in [0.15, 0.2) is 24.3 Å². The first-order valence-electron chi connectivity index (χ1n) is 4.15. The summed E-state index contributed by atoms with van der Waals surface area (Å²) in [5.41, 5.74) is 4.13. The highest BCUT2D eigenvalue weighted by atomic mass is 16.5. The van der Waals surface area contributed by atoms with Gasteiger partial charge in [0.1, 0.15) is 5.75 Å². The molecule has 0 aliphatic heterocycles.